The van der Waals surface area contributed by atoms with Gasteiger partial charge in [0.2, 0.25) is 0 Å². The minimum Gasteiger partial charge on any atom is -0.312 e. The van der Waals surface area contributed by atoms with Crippen LogP contribution in [-0.2, 0) is 6.54 Å². The number of likely N-dealkylation sites (tertiary alicyclic amines) is 1. The van der Waals surface area contributed by atoms with Gasteiger partial charge in [-0.3, -0.25) is 0 Å². The molecule has 20 heavy (non-hydrogen) atoms. The van der Waals surface area contributed by atoms with Gasteiger partial charge in [-0.1, -0.05) is 45.0 Å². The Bertz CT molecular complexity index is 400. The first-order chi connectivity index (χ1) is 9.48. The number of nitrogens with zero attached hydrogens (tertiary/aromatic N) is 1. The molecule has 2 rings (SSSR count). The van der Waals surface area contributed by atoms with Gasteiger partial charge >= 0.3 is 0 Å². The van der Waals surface area contributed by atoms with Crippen LogP contribution in [0.15, 0.2) is 24.3 Å². The van der Waals surface area contributed by atoms with E-state index in [2.05, 4.69) is 62.3 Å². The number of benzene rings is 1. The molecule has 1 heterocycles. The molecule has 0 radical (unpaired) electrons. The minimum absolute atomic E-state index is 0.477. The second-order valence-electron chi connectivity index (χ2n) is 7.11. The molecule has 1 aliphatic heterocycles. The summed E-state index contributed by atoms with van der Waals surface area (Å²) >= 11 is 0. The highest BCUT2D eigenvalue weighted by Crippen LogP contribution is 2.29. The van der Waals surface area contributed by atoms with Crippen LogP contribution in [0.5, 0.6) is 0 Å². The van der Waals surface area contributed by atoms with E-state index in [4.69, 9.17) is 0 Å². The Balaban J connectivity index is 1.78. The molecule has 2 heteroatoms. The van der Waals surface area contributed by atoms with E-state index in [0.717, 1.165) is 13.1 Å². The Labute approximate surface area is 124 Å². The lowest BCUT2D eigenvalue weighted by Crippen LogP contribution is -2.41. The summed E-state index contributed by atoms with van der Waals surface area (Å²) < 4.78 is 0. The quantitative estimate of drug-likeness (QED) is 0.882. The molecule has 1 saturated heterocycles. The summed E-state index contributed by atoms with van der Waals surface area (Å²) in [7, 11) is 2.23. The van der Waals surface area contributed by atoms with Gasteiger partial charge in [0.25, 0.3) is 0 Å². The smallest absolute Gasteiger partial charge is 0.0205 e. The van der Waals surface area contributed by atoms with Gasteiger partial charge in [0, 0.05) is 13.1 Å². The standard InChI is InChI=1S/C18H30N2/c1-15(2)17-7-5-16(6-8-17)13-19-14-18(3)9-11-20(4)12-10-18/h5-8,15,19H,9-14H2,1-4H3. The SMILES string of the molecule is CC(C)c1ccc(CNCC2(C)CCN(C)CC2)cc1. The number of nitrogens with one attached hydrogen (secondary N) is 1. The van der Waals surface area contributed by atoms with Gasteiger partial charge in [0.1, 0.15) is 0 Å². The Kier molecular flexibility index (Phi) is 5.22. The van der Waals surface area contributed by atoms with Crippen LogP contribution in [0.4, 0.5) is 0 Å². The van der Waals surface area contributed by atoms with Crippen LogP contribution >= 0.6 is 0 Å². The van der Waals surface area contributed by atoms with Crippen molar-refractivity contribution in [3.8, 4) is 0 Å². The molecule has 0 aliphatic carbocycles. The third-order valence-electron chi connectivity index (χ3n) is 4.72. The highest BCUT2D eigenvalue weighted by atomic mass is 15.1. The van der Waals surface area contributed by atoms with Crippen LogP contribution in [0, 0.1) is 5.41 Å². The molecule has 112 valence electrons. The topological polar surface area (TPSA) is 15.3 Å². The van der Waals surface area contributed by atoms with E-state index in [1.807, 2.05) is 0 Å². The molecule has 1 aromatic carbocycles. The predicted octanol–water partition coefficient (Wildman–Crippen LogP) is 3.63. The molecule has 1 aliphatic rings. The number of piperidine rings is 1. The average Bonchev–Trinajstić information content (AvgIpc) is 2.43. The zero-order chi connectivity index (χ0) is 14.6. The van der Waals surface area contributed by atoms with Crippen LogP contribution in [0.25, 0.3) is 0 Å². The van der Waals surface area contributed by atoms with Crippen LogP contribution in [0.2, 0.25) is 0 Å². The highest BCUT2D eigenvalue weighted by Gasteiger charge is 2.28. The van der Waals surface area contributed by atoms with E-state index >= 15 is 0 Å². The number of hydrogen-bond acceptors (Lipinski definition) is 2. The Morgan fingerprint density at radius 3 is 2.30 bits per heavy atom. The lowest BCUT2D eigenvalue weighted by atomic mass is 9.80. The zero-order valence-electron chi connectivity index (χ0n) is 13.6. The lowest BCUT2D eigenvalue weighted by Gasteiger charge is -2.38. The third-order valence-corrected chi connectivity index (χ3v) is 4.72. The Morgan fingerprint density at radius 2 is 1.75 bits per heavy atom. The van der Waals surface area contributed by atoms with Crippen molar-refractivity contribution in [3.05, 3.63) is 35.4 Å². The molecular weight excluding hydrogens is 244 g/mol. The van der Waals surface area contributed by atoms with E-state index in [-0.39, 0.29) is 0 Å². The Hall–Kier alpha value is -0.860. The molecule has 0 aromatic heterocycles. The van der Waals surface area contributed by atoms with Crippen LogP contribution in [0.3, 0.4) is 0 Å². The van der Waals surface area contributed by atoms with Crippen molar-refractivity contribution in [3.63, 3.8) is 0 Å². The fourth-order valence-corrected chi connectivity index (χ4v) is 2.86. The van der Waals surface area contributed by atoms with Crippen LogP contribution in [0.1, 0.15) is 50.7 Å². The molecule has 0 unspecified atom stereocenters. The first-order valence-corrected chi connectivity index (χ1v) is 7.97. The summed E-state index contributed by atoms with van der Waals surface area (Å²) in [6.45, 7) is 11.5. The predicted molar refractivity (Wildman–Crippen MR) is 87.1 cm³/mol. The van der Waals surface area contributed by atoms with Crippen molar-refractivity contribution in [1.82, 2.24) is 10.2 Å². The largest absolute Gasteiger partial charge is 0.312 e. The molecule has 0 spiro atoms. The molecule has 2 nitrogen and oxygen atoms in total. The maximum atomic E-state index is 3.66. The average molecular weight is 274 g/mol. The van der Waals surface area contributed by atoms with Gasteiger partial charge < -0.3 is 10.2 Å². The lowest BCUT2D eigenvalue weighted by molar-refractivity contribution is 0.137. The monoisotopic (exact) mass is 274 g/mol. The zero-order valence-corrected chi connectivity index (χ0v) is 13.6. The van der Waals surface area contributed by atoms with Crippen molar-refractivity contribution in [2.45, 2.75) is 46.1 Å². The van der Waals surface area contributed by atoms with E-state index < -0.39 is 0 Å². The first-order valence-electron chi connectivity index (χ1n) is 7.97. The molecule has 1 aromatic rings. The van der Waals surface area contributed by atoms with Crippen LogP contribution < -0.4 is 5.32 Å². The van der Waals surface area contributed by atoms with E-state index in [1.54, 1.807) is 0 Å². The van der Waals surface area contributed by atoms with Crippen molar-refractivity contribution >= 4 is 0 Å². The summed E-state index contributed by atoms with van der Waals surface area (Å²) in [5, 5.41) is 3.66. The number of hydrogen-bond donors (Lipinski definition) is 1. The summed E-state index contributed by atoms with van der Waals surface area (Å²) in [6.07, 6.45) is 2.62. The van der Waals surface area contributed by atoms with Gasteiger partial charge in [0.15, 0.2) is 0 Å². The molecule has 1 N–H and O–H groups in total. The van der Waals surface area contributed by atoms with Crippen molar-refractivity contribution < 1.29 is 0 Å². The van der Waals surface area contributed by atoms with Gasteiger partial charge in [-0.25, -0.2) is 0 Å². The van der Waals surface area contributed by atoms with Crippen molar-refractivity contribution in [2.24, 2.45) is 5.41 Å². The minimum atomic E-state index is 0.477. The van der Waals surface area contributed by atoms with Crippen molar-refractivity contribution in [2.75, 3.05) is 26.7 Å². The molecule has 0 saturated carbocycles. The van der Waals surface area contributed by atoms with E-state index in [9.17, 15) is 0 Å². The fraction of sp³-hybridized carbons (Fsp3) is 0.667. The molecule has 0 amide bonds. The molecule has 1 fully saturated rings. The summed E-state index contributed by atoms with van der Waals surface area (Å²) in [6, 6.07) is 9.05. The first kappa shape index (κ1) is 15.5. The second-order valence-corrected chi connectivity index (χ2v) is 7.11. The molecule has 0 atom stereocenters. The maximum Gasteiger partial charge on any atom is 0.0205 e. The summed E-state index contributed by atoms with van der Waals surface area (Å²) in [4.78, 5) is 2.44. The molecule has 0 bridgehead atoms. The van der Waals surface area contributed by atoms with E-state index in [1.165, 1.54) is 37.1 Å². The summed E-state index contributed by atoms with van der Waals surface area (Å²) in [5.74, 6) is 0.621. The van der Waals surface area contributed by atoms with Gasteiger partial charge in [-0.05, 0) is 55.4 Å². The van der Waals surface area contributed by atoms with Gasteiger partial charge in [-0.2, -0.15) is 0 Å². The fourth-order valence-electron chi connectivity index (χ4n) is 2.86. The number of rotatable bonds is 5. The highest BCUT2D eigenvalue weighted by molar-refractivity contribution is 5.24. The normalized spacial score (nSPS) is 19.4. The van der Waals surface area contributed by atoms with Gasteiger partial charge in [0.05, 0.1) is 0 Å². The van der Waals surface area contributed by atoms with Gasteiger partial charge in [-0.15, -0.1) is 0 Å². The molecular formula is C18H30N2. The van der Waals surface area contributed by atoms with Crippen LogP contribution in [-0.4, -0.2) is 31.6 Å². The Morgan fingerprint density at radius 1 is 1.15 bits per heavy atom. The maximum absolute atomic E-state index is 3.66. The van der Waals surface area contributed by atoms with Crippen molar-refractivity contribution in [1.29, 1.82) is 0 Å². The second kappa shape index (κ2) is 6.73. The summed E-state index contributed by atoms with van der Waals surface area (Å²) in [5.41, 5.74) is 3.30. The van der Waals surface area contributed by atoms with E-state index in [0.29, 0.717) is 11.3 Å². The third kappa shape index (κ3) is 4.32.